The highest BCUT2D eigenvalue weighted by molar-refractivity contribution is 7.12. The van der Waals surface area contributed by atoms with Gasteiger partial charge in [-0.15, -0.1) is 16.4 Å². The van der Waals surface area contributed by atoms with Crippen LogP contribution in [0.4, 0.5) is 0 Å². The first-order valence-corrected chi connectivity index (χ1v) is 7.97. The fourth-order valence-electron chi connectivity index (χ4n) is 3.53. The number of likely N-dealkylation sites (tertiary alicyclic amines) is 1. The number of aromatic nitrogens is 4. The van der Waals surface area contributed by atoms with E-state index in [4.69, 9.17) is 5.73 Å². The second kappa shape index (κ2) is 4.88. The number of nitrogens with zero attached hydrogens (tertiary/aromatic N) is 5. The van der Waals surface area contributed by atoms with E-state index in [9.17, 15) is 4.79 Å². The molecule has 4 rings (SSSR count). The van der Waals surface area contributed by atoms with Gasteiger partial charge in [0.1, 0.15) is 11.2 Å². The van der Waals surface area contributed by atoms with Gasteiger partial charge in [-0.05, 0) is 46.6 Å². The van der Waals surface area contributed by atoms with Crippen molar-refractivity contribution in [3.8, 4) is 5.69 Å². The van der Waals surface area contributed by atoms with Crippen LogP contribution in [0.3, 0.4) is 0 Å². The van der Waals surface area contributed by atoms with Crippen molar-refractivity contribution in [1.82, 2.24) is 25.1 Å². The fraction of sp³-hybridized carbons (Fsp3) is 0.538. The Balaban J connectivity index is 1.58. The van der Waals surface area contributed by atoms with Gasteiger partial charge in [-0.3, -0.25) is 4.79 Å². The summed E-state index contributed by atoms with van der Waals surface area (Å²) in [6, 6.07) is 2.12. The third-order valence-electron chi connectivity index (χ3n) is 4.63. The molecule has 3 heterocycles. The molecular weight excluding hydrogens is 288 g/mol. The summed E-state index contributed by atoms with van der Waals surface area (Å²) < 4.78 is 1.53. The van der Waals surface area contributed by atoms with E-state index in [1.807, 2.05) is 16.3 Å². The number of hydrogen-bond acceptors (Lipinski definition) is 6. The summed E-state index contributed by atoms with van der Waals surface area (Å²) in [5, 5.41) is 13.0. The summed E-state index contributed by atoms with van der Waals surface area (Å²) in [6.45, 7) is 1.60. The lowest BCUT2D eigenvalue weighted by atomic mass is 9.98. The third kappa shape index (κ3) is 2.06. The maximum Gasteiger partial charge on any atom is 0.266 e. The molecule has 2 aliphatic rings. The number of tetrazole rings is 1. The SMILES string of the molecule is NC1CCC2CN(C(=O)c3sccc3-n3cnnn3)CC12. The Morgan fingerprint density at radius 2 is 2.29 bits per heavy atom. The molecule has 7 nitrogen and oxygen atoms in total. The van der Waals surface area contributed by atoms with E-state index < -0.39 is 0 Å². The van der Waals surface area contributed by atoms with Crippen LogP contribution < -0.4 is 5.73 Å². The topological polar surface area (TPSA) is 89.9 Å². The summed E-state index contributed by atoms with van der Waals surface area (Å²) in [5.41, 5.74) is 6.89. The molecule has 3 atom stereocenters. The first-order chi connectivity index (χ1) is 10.2. The average molecular weight is 304 g/mol. The molecule has 1 saturated carbocycles. The van der Waals surface area contributed by atoms with Gasteiger partial charge in [0.05, 0.1) is 5.69 Å². The Morgan fingerprint density at radius 1 is 1.38 bits per heavy atom. The van der Waals surface area contributed by atoms with Crippen molar-refractivity contribution in [3.63, 3.8) is 0 Å². The zero-order valence-electron chi connectivity index (χ0n) is 11.4. The number of fused-ring (bicyclic) bond motifs is 1. The molecular formula is C13H16N6OS. The summed E-state index contributed by atoms with van der Waals surface area (Å²) in [4.78, 5) is 15.4. The zero-order valence-corrected chi connectivity index (χ0v) is 12.2. The molecule has 1 saturated heterocycles. The molecule has 0 radical (unpaired) electrons. The summed E-state index contributed by atoms with van der Waals surface area (Å²) >= 11 is 1.43. The molecule has 2 aromatic heterocycles. The van der Waals surface area contributed by atoms with Crippen LogP contribution in [0.25, 0.3) is 5.69 Å². The maximum atomic E-state index is 12.8. The van der Waals surface area contributed by atoms with Crippen LogP contribution >= 0.6 is 11.3 Å². The number of amides is 1. The lowest BCUT2D eigenvalue weighted by Crippen LogP contribution is -2.33. The number of nitrogens with two attached hydrogens (primary N) is 1. The zero-order chi connectivity index (χ0) is 14.4. The molecule has 0 spiro atoms. The third-order valence-corrected chi connectivity index (χ3v) is 5.53. The Morgan fingerprint density at radius 3 is 3.05 bits per heavy atom. The van der Waals surface area contributed by atoms with Gasteiger partial charge in [-0.25, -0.2) is 0 Å². The molecule has 1 aliphatic heterocycles. The highest BCUT2D eigenvalue weighted by Crippen LogP contribution is 2.38. The predicted octanol–water partition coefficient (Wildman–Crippen LogP) is 0.533. The molecule has 1 aliphatic carbocycles. The number of rotatable bonds is 2. The first kappa shape index (κ1) is 12.9. The normalized spacial score (nSPS) is 28.0. The Bertz CT molecular complexity index is 653. The van der Waals surface area contributed by atoms with E-state index in [2.05, 4.69) is 15.5 Å². The van der Waals surface area contributed by atoms with Crippen molar-refractivity contribution in [2.24, 2.45) is 17.6 Å². The molecule has 2 N–H and O–H groups in total. The van der Waals surface area contributed by atoms with Crippen LogP contribution in [-0.2, 0) is 0 Å². The van der Waals surface area contributed by atoms with Gasteiger partial charge in [0, 0.05) is 19.1 Å². The molecule has 1 amide bonds. The largest absolute Gasteiger partial charge is 0.337 e. The van der Waals surface area contributed by atoms with Gasteiger partial charge in [-0.2, -0.15) is 4.68 Å². The lowest BCUT2D eigenvalue weighted by molar-refractivity contribution is 0.0784. The molecule has 21 heavy (non-hydrogen) atoms. The van der Waals surface area contributed by atoms with E-state index in [0.29, 0.717) is 16.7 Å². The van der Waals surface area contributed by atoms with Crippen LogP contribution in [0, 0.1) is 11.8 Å². The van der Waals surface area contributed by atoms with Crippen molar-refractivity contribution >= 4 is 17.2 Å². The summed E-state index contributed by atoms with van der Waals surface area (Å²) in [7, 11) is 0. The summed E-state index contributed by atoms with van der Waals surface area (Å²) in [6.07, 6.45) is 3.74. The lowest BCUT2D eigenvalue weighted by Gasteiger charge is -2.18. The number of carbonyl (C=O) groups excluding carboxylic acids is 1. The smallest absolute Gasteiger partial charge is 0.266 e. The highest BCUT2D eigenvalue weighted by Gasteiger charge is 2.43. The van der Waals surface area contributed by atoms with Crippen molar-refractivity contribution < 1.29 is 4.79 Å². The minimum absolute atomic E-state index is 0.0668. The average Bonchev–Trinajstić information content (AvgIpc) is 3.24. The maximum absolute atomic E-state index is 12.8. The molecule has 110 valence electrons. The van der Waals surface area contributed by atoms with E-state index in [-0.39, 0.29) is 11.9 Å². The van der Waals surface area contributed by atoms with Crippen molar-refractivity contribution in [2.45, 2.75) is 18.9 Å². The van der Waals surface area contributed by atoms with E-state index in [1.165, 1.54) is 22.3 Å². The van der Waals surface area contributed by atoms with Gasteiger partial charge in [0.25, 0.3) is 5.91 Å². The second-order valence-corrected chi connectivity index (χ2v) is 6.68. The number of thiophene rings is 1. The van der Waals surface area contributed by atoms with Crippen molar-refractivity contribution in [3.05, 3.63) is 22.7 Å². The van der Waals surface area contributed by atoms with Crippen LogP contribution in [0.1, 0.15) is 22.5 Å². The van der Waals surface area contributed by atoms with Gasteiger partial charge >= 0.3 is 0 Å². The quantitative estimate of drug-likeness (QED) is 0.874. The van der Waals surface area contributed by atoms with Crippen LogP contribution in [0.2, 0.25) is 0 Å². The highest BCUT2D eigenvalue weighted by atomic mass is 32.1. The van der Waals surface area contributed by atoms with Gasteiger partial charge in [0.2, 0.25) is 0 Å². The molecule has 8 heteroatoms. The van der Waals surface area contributed by atoms with Crippen molar-refractivity contribution in [2.75, 3.05) is 13.1 Å². The van der Waals surface area contributed by atoms with E-state index in [1.54, 1.807) is 0 Å². The number of carbonyl (C=O) groups is 1. The fourth-order valence-corrected chi connectivity index (χ4v) is 4.38. The molecule has 2 aromatic rings. The molecule has 2 fully saturated rings. The number of hydrogen-bond donors (Lipinski definition) is 1. The standard InChI is InChI=1S/C13H16N6OS/c14-10-2-1-8-5-18(6-9(8)10)13(20)12-11(3-4-21-12)19-7-15-16-17-19/h3-4,7-10H,1-2,5-6,14H2. The monoisotopic (exact) mass is 304 g/mol. The first-order valence-electron chi connectivity index (χ1n) is 7.10. The second-order valence-electron chi connectivity index (χ2n) is 5.76. The van der Waals surface area contributed by atoms with Crippen LogP contribution in [0.15, 0.2) is 17.8 Å². The van der Waals surface area contributed by atoms with Crippen LogP contribution in [0.5, 0.6) is 0 Å². The van der Waals surface area contributed by atoms with Gasteiger partial charge in [0.15, 0.2) is 0 Å². The van der Waals surface area contributed by atoms with E-state index >= 15 is 0 Å². The molecule has 0 bridgehead atoms. The predicted molar refractivity (Wildman–Crippen MR) is 77.1 cm³/mol. The van der Waals surface area contributed by atoms with Gasteiger partial charge < -0.3 is 10.6 Å². The van der Waals surface area contributed by atoms with E-state index in [0.717, 1.165) is 31.6 Å². The van der Waals surface area contributed by atoms with Crippen LogP contribution in [-0.4, -0.2) is 50.1 Å². The van der Waals surface area contributed by atoms with Crippen molar-refractivity contribution in [1.29, 1.82) is 0 Å². The molecule has 0 aromatic carbocycles. The van der Waals surface area contributed by atoms with Gasteiger partial charge in [-0.1, -0.05) is 0 Å². The Labute approximate surface area is 125 Å². The minimum Gasteiger partial charge on any atom is -0.337 e. The minimum atomic E-state index is 0.0668. The Hall–Kier alpha value is -1.80. The molecule has 3 unspecified atom stereocenters. The Kier molecular flexibility index (Phi) is 3.00. The summed E-state index contributed by atoms with van der Waals surface area (Å²) in [5.74, 6) is 1.10.